The number of unbranched alkanes of at least 4 members (excludes halogenated alkanes) is 1. The third kappa shape index (κ3) is 3.35. The molecule has 2 atom stereocenters. The molecule has 2 heterocycles. The Hall–Kier alpha value is -2.83. The van der Waals surface area contributed by atoms with Crippen LogP contribution in [0.3, 0.4) is 0 Å². The minimum absolute atomic E-state index is 0.00132. The predicted octanol–water partition coefficient (Wildman–Crippen LogP) is 2.92. The van der Waals surface area contributed by atoms with Gasteiger partial charge in [-0.15, -0.1) is 0 Å². The van der Waals surface area contributed by atoms with Gasteiger partial charge in [0.25, 0.3) is 0 Å². The number of ether oxygens (including phenoxy) is 1. The number of aromatic nitrogens is 2. The van der Waals surface area contributed by atoms with Gasteiger partial charge < -0.3 is 15.2 Å². The zero-order valence-corrected chi connectivity index (χ0v) is 14.0. The monoisotopic (exact) mass is 343 g/mol. The summed E-state index contributed by atoms with van der Waals surface area (Å²) in [5, 5.41) is 18.5. The summed E-state index contributed by atoms with van der Waals surface area (Å²) < 4.78 is 5.82. The van der Waals surface area contributed by atoms with Crippen LogP contribution in [-0.2, 0) is 15.1 Å². The van der Waals surface area contributed by atoms with Crippen molar-refractivity contribution < 1.29 is 19.4 Å². The van der Waals surface area contributed by atoms with Crippen LogP contribution in [0, 0.1) is 0 Å². The SMILES string of the molecule is CCCCC1(c2ccccc2)CC(Nc2[nH]ncc2C(=O)O)C(=O)O1. The van der Waals surface area contributed by atoms with E-state index >= 15 is 0 Å². The van der Waals surface area contributed by atoms with Crippen molar-refractivity contribution in [3.8, 4) is 0 Å². The van der Waals surface area contributed by atoms with Crippen molar-refractivity contribution in [2.24, 2.45) is 0 Å². The third-order valence-electron chi connectivity index (χ3n) is 4.54. The summed E-state index contributed by atoms with van der Waals surface area (Å²) in [6, 6.07) is 9.07. The van der Waals surface area contributed by atoms with Gasteiger partial charge in [0, 0.05) is 6.42 Å². The molecule has 1 saturated heterocycles. The van der Waals surface area contributed by atoms with Crippen LogP contribution in [0.15, 0.2) is 36.5 Å². The molecule has 1 fully saturated rings. The maximum atomic E-state index is 12.5. The Labute approximate surface area is 145 Å². The molecule has 1 aliphatic rings. The second-order valence-corrected chi connectivity index (χ2v) is 6.25. The molecule has 3 N–H and O–H groups in total. The number of hydrogen-bond donors (Lipinski definition) is 3. The number of carbonyl (C=O) groups excluding carboxylic acids is 1. The molecule has 1 aromatic carbocycles. The molecule has 0 spiro atoms. The van der Waals surface area contributed by atoms with E-state index in [9.17, 15) is 14.7 Å². The second-order valence-electron chi connectivity index (χ2n) is 6.25. The van der Waals surface area contributed by atoms with Crippen molar-refractivity contribution >= 4 is 17.8 Å². The molecule has 2 aromatic rings. The highest BCUT2D eigenvalue weighted by Gasteiger charge is 2.47. The van der Waals surface area contributed by atoms with Gasteiger partial charge in [-0.2, -0.15) is 5.10 Å². The first-order valence-electron chi connectivity index (χ1n) is 8.37. The van der Waals surface area contributed by atoms with E-state index in [1.54, 1.807) is 0 Å². The van der Waals surface area contributed by atoms with Crippen LogP contribution in [-0.4, -0.2) is 33.3 Å². The van der Waals surface area contributed by atoms with Crippen LogP contribution >= 0.6 is 0 Å². The predicted molar refractivity (Wildman–Crippen MR) is 91.3 cm³/mol. The molecule has 0 bridgehead atoms. The van der Waals surface area contributed by atoms with Crippen molar-refractivity contribution in [1.82, 2.24) is 10.2 Å². The number of H-pyrrole nitrogens is 1. The van der Waals surface area contributed by atoms with Gasteiger partial charge in [-0.05, 0) is 18.4 Å². The Balaban J connectivity index is 1.85. The zero-order chi connectivity index (χ0) is 17.9. The Bertz CT molecular complexity index is 759. The lowest BCUT2D eigenvalue weighted by molar-refractivity contribution is -0.150. The van der Waals surface area contributed by atoms with E-state index in [1.165, 1.54) is 6.20 Å². The molecule has 0 aliphatic carbocycles. The number of carboxylic acid groups (broad SMARTS) is 1. The Morgan fingerprint density at radius 3 is 2.88 bits per heavy atom. The average Bonchev–Trinajstić information content (AvgIpc) is 3.20. The summed E-state index contributed by atoms with van der Waals surface area (Å²) in [6.07, 6.45) is 4.31. The number of anilines is 1. The fourth-order valence-corrected chi connectivity index (χ4v) is 3.24. The van der Waals surface area contributed by atoms with Gasteiger partial charge >= 0.3 is 11.9 Å². The number of cyclic esters (lactones) is 1. The van der Waals surface area contributed by atoms with Gasteiger partial charge in [-0.25, -0.2) is 9.59 Å². The van der Waals surface area contributed by atoms with Gasteiger partial charge in [0.05, 0.1) is 6.20 Å². The Morgan fingerprint density at radius 1 is 1.44 bits per heavy atom. The van der Waals surface area contributed by atoms with Crippen molar-refractivity contribution in [2.75, 3.05) is 5.32 Å². The van der Waals surface area contributed by atoms with E-state index in [-0.39, 0.29) is 17.4 Å². The Kier molecular flexibility index (Phi) is 4.74. The van der Waals surface area contributed by atoms with E-state index < -0.39 is 17.6 Å². The first kappa shape index (κ1) is 17.0. The molecule has 0 saturated carbocycles. The van der Waals surface area contributed by atoms with E-state index in [4.69, 9.17) is 4.74 Å². The molecule has 132 valence electrons. The Morgan fingerprint density at radius 2 is 2.20 bits per heavy atom. The normalized spacial score (nSPS) is 22.6. The second kappa shape index (κ2) is 6.96. The minimum atomic E-state index is -1.11. The van der Waals surface area contributed by atoms with Gasteiger partial charge in [0.15, 0.2) is 0 Å². The molecule has 7 nitrogen and oxygen atoms in total. The van der Waals surface area contributed by atoms with Crippen LogP contribution in [0.1, 0.15) is 48.5 Å². The number of rotatable bonds is 7. The zero-order valence-electron chi connectivity index (χ0n) is 14.0. The maximum Gasteiger partial charge on any atom is 0.341 e. The lowest BCUT2D eigenvalue weighted by atomic mass is 9.85. The van der Waals surface area contributed by atoms with E-state index in [0.29, 0.717) is 6.42 Å². The van der Waals surface area contributed by atoms with Crippen molar-refractivity contribution in [3.05, 3.63) is 47.7 Å². The van der Waals surface area contributed by atoms with Gasteiger partial charge in [0.2, 0.25) is 0 Å². The number of aromatic carboxylic acids is 1. The topological polar surface area (TPSA) is 104 Å². The molecule has 25 heavy (non-hydrogen) atoms. The number of aromatic amines is 1. The number of benzene rings is 1. The molecule has 0 radical (unpaired) electrons. The molecule has 0 amide bonds. The van der Waals surface area contributed by atoms with Gasteiger partial charge in [-0.1, -0.05) is 43.7 Å². The summed E-state index contributed by atoms with van der Waals surface area (Å²) in [7, 11) is 0. The van der Waals surface area contributed by atoms with Crippen LogP contribution in [0.4, 0.5) is 5.82 Å². The van der Waals surface area contributed by atoms with E-state index in [1.807, 2.05) is 30.3 Å². The first-order valence-corrected chi connectivity index (χ1v) is 8.37. The molecule has 3 rings (SSSR count). The number of esters is 1. The summed E-state index contributed by atoms with van der Waals surface area (Å²) >= 11 is 0. The number of carbonyl (C=O) groups is 2. The lowest BCUT2D eigenvalue weighted by Crippen LogP contribution is -2.27. The molecule has 1 aliphatic heterocycles. The highest BCUT2D eigenvalue weighted by molar-refractivity contribution is 5.94. The van der Waals surface area contributed by atoms with E-state index in [0.717, 1.165) is 24.8 Å². The number of hydrogen-bond acceptors (Lipinski definition) is 5. The summed E-state index contributed by atoms with van der Waals surface area (Å²) in [5.74, 6) is -1.28. The summed E-state index contributed by atoms with van der Waals surface area (Å²) in [5.41, 5.74) is 0.276. The highest BCUT2D eigenvalue weighted by Crippen LogP contribution is 2.42. The number of carboxylic acids is 1. The van der Waals surface area contributed by atoms with E-state index in [2.05, 4.69) is 22.4 Å². The quantitative estimate of drug-likeness (QED) is 0.668. The lowest BCUT2D eigenvalue weighted by Gasteiger charge is -2.28. The molecular weight excluding hydrogens is 322 g/mol. The maximum absolute atomic E-state index is 12.5. The van der Waals surface area contributed by atoms with Crippen LogP contribution < -0.4 is 5.32 Å². The standard InChI is InChI=1S/C18H21N3O4/c1-2-3-9-18(12-7-5-4-6-8-12)10-14(17(24)25-18)20-15-13(16(22)23)11-19-21-15/h4-8,11,14H,2-3,9-10H2,1H3,(H,22,23)(H2,19,20,21). The molecule has 7 heteroatoms. The summed E-state index contributed by atoms with van der Waals surface area (Å²) in [6.45, 7) is 2.09. The van der Waals surface area contributed by atoms with Crippen molar-refractivity contribution in [1.29, 1.82) is 0 Å². The third-order valence-corrected chi connectivity index (χ3v) is 4.54. The smallest absolute Gasteiger partial charge is 0.341 e. The largest absolute Gasteiger partial charge is 0.477 e. The number of nitrogens with one attached hydrogen (secondary N) is 2. The van der Waals surface area contributed by atoms with Crippen molar-refractivity contribution in [3.63, 3.8) is 0 Å². The minimum Gasteiger partial charge on any atom is -0.477 e. The fraction of sp³-hybridized carbons (Fsp3) is 0.389. The fourth-order valence-electron chi connectivity index (χ4n) is 3.24. The highest BCUT2D eigenvalue weighted by atomic mass is 16.6. The number of nitrogens with zero attached hydrogens (tertiary/aromatic N) is 1. The van der Waals surface area contributed by atoms with Crippen molar-refractivity contribution in [2.45, 2.75) is 44.2 Å². The van der Waals surface area contributed by atoms with Crippen LogP contribution in [0.5, 0.6) is 0 Å². The summed E-state index contributed by atoms with van der Waals surface area (Å²) in [4.78, 5) is 23.7. The molecular formula is C18H21N3O4. The first-order chi connectivity index (χ1) is 12.1. The van der Waals surface area contributed by atoms with Gasteiger partial charge in [0.1, 0.15) is 23.0 Å². The van der Waals surface area contributed by atoms with Gasteiger partial charge in [-0.3, -0.25) is 5.10 Å². The molecule has 2 unspecified atom stereocenters. The van der Waals surface area contributed by atoms with Crippen LogP contribution in [0.2, 0.25) is 0 Å². The average molecular weight is 343 g/mol. The molecule has 1 aromatic heterocycles. The van der Waals surface area contributed by atoms with Crippen LogP contribution in [0.25, 0.3) is 0 Å².